The first-order valence-corrected chi connectivity index (χ1v) is 7.68. The SMILES string of the molecule is C=C(NCc1cccc(C)c1)C1=C(NC(C)=O)CCCN1C. The highest BCUT2D eigenvalue weighted by molar-refractivity contribution is 5.75. The minimum Gasteiger partial charge on any atom is -0.380 e. The highest BCUT2D eigenvalue weighted by atomic mass is 16.1. The molecule has 0 saturated carbocycles. The van der Waals surface area contributed by atoms with Crippen molar-refractivity contribution in [1.29, 1.82) is 0 Å². The highest BCUT2D eigenvalue weighted by Gasteiger charge is 2.20. The lowest BCUT2D eigenvalue weighted by Gasteiger charge is -2.32. The molecule has 0 radical (unpaired) electrons. The zero-order chi connectivity index (χ0) is 16.1. The molecule has 22 heavy (non-hydrogen) atoms. The molecule has 1 aromatic rings. The number of hydrogen-bond acceptors (Lipinski definition) is 3. The van der Waals surface area contributed by atoms with Crippen molar-refractivity contribution in [3.8, 4) is 0 Å². The maximum absolute atomic E-state index is 11.4. The van der Waals surface area contributed by atoms with Crippen molar-refractivity contribution in [3.63, 3.8) is 0 Å². The number of allylic oxidation sites excluding steroid dienone is 1. The monoisotopic (exact) mass is 299 g/mol. The van der Waals surface area contributed by atoms with Gasteiger partial charge in [-0.05, 0) is 25.3 Å². The van der Waals surface area contributed by atoms with Crippen LogP contribution in [0.25, 0.3) is 0 Å². The maximum Gasteiger partial charge on any atom is 0.221 e. The molecule has 4 nitrogen and oxygen atoms in total. The summed E-state index contributed by atoms with van der Waals surface area (Å²) in [6.07, 6.45) is 1.92. The van der Waals surface area contributed by atoms with Gasteiger partial charge in [0.15, 0.2) is 0 Å². The Morgan fingerprint density at radius 1 is 1.41 bits per heavy atom. The van der Waals surface area contributed by atoms with Gasteiger partial charge < -0.3 is 15.5 Å². The molecule has 118 valence electrons. The fourth-order valence-corrected chi connectivity index (χ4v) is 2.81. The zero-order valence-corrected chi connectivity index (χ0v) is 13.7. The Hall–Kier alpha value is -2.23. The Labute approximate surface area is 132 Å². The Balaban J connectivity index is 2.11. The number of rotatable bonds is 5. The third kappa shape index (κ3) is 4.13. The number of carbonyl (C=O) groups is 1. The summed E-state index contributed by atoms with van der Waals surface area (Å²) in [5.74, 6) is -0.0331. The van der Waals surface area contributed by atoms with Crippen molar-refractivity contribution in [2.75, 3.05) is 13.6 Å². The van der Waals surface area contributed by atoms with Gasteiger partial charge in [-0.3, -0.25) is 4.79 Å². The topological polar surface area (TPSA) is 44.4 Å². The van der Waals surface area contributed by atoms with Crippen molar-refractivity contribution in [1.82, 2.24) is 15.5 Å². The van der Waals surface area contributed by atoms with Crippen molar-refractivity contribution < 1.29 is 4.79 Å². The predicted molar refractivity (Wildman–Crippen MR) is 89.9 cm³/mol. The summed E-state index contributed by atoms with van der Waals surface area (Å²) in [7, 11) is 2.04. The van der Waals surface area contributed by atoms with Crippen LogP contribution in [0.4, 0.5) is 0 Å². The molecule has 2 rings (SSSR count). The van der Waals surface area contributed by atoms with Gasteiger partial charge in [-0.2, -0.15) is 0 Å². The van der Waals surface area contributed by atoms with Crippen LogP contribution in [0.2, 0.25) is 0 Å². The van der Waals surface area contributed by atoms with Crippen LogP contribution in [0.5, 0.6) is 0 Å². The van der Waals surface area contributed by atoms with Crippen molar-refractivity contribution in [2.24, 2.45) is 0 Å². The molecular weight excluding hydrogens is 274 g/mol. The molecule has 2 N–H and O–H groups in total. The van der Waals surface area contributed by atoms with E-state index < -0.39 is 0 Å². The van der Waals surface area contributed by atoms with E-state index in [1.807, 2.05) is 7.05 Å². The molecule has 0 atom stereocenters. The number of likely N-dealkylation sites (N-methyl/N-ethyl adjacent to an activating group) is 1. The van der Waals surface area contributed by atoms with Crippen molar-refractivity contribution in [2.45, 2.75) is 33.2 Å². The van der Waals surface area contributed by atoms with E-state index in [-0.39, 0.29) is 5.91 Å². The summed E-state index contributed by atoms with van der Waals surface area (Å²) in [4.78, 5) is 13.5. The summed E-state index contributed by atoms with van der Waals surface area (Å²) in [5, 5.41) is 6.33. The lowest BCUT2D eigenvalue weighted by atomic mass is 10.1. The normalized spacial score (nSPS) is 14.8. The van der Waals surface area contributed by atoms with Gasteiger partial charge in [0.05, 0.1) is 11.4 Å². The molecular formula is C18H25N3O. The maximum atomic E-state index is 11.4. The summed E-state index contributed by atoms with van der Waals surface area (Å²) in [6, 6.07) is 8.41. The Morgan fingerprint density at radius 3 is 2.86 bits per heavy atom. The number of aryl methyl sites for hydroxylation is 1. The fourth-order valence-electron chi connectivity index (χ4n) is 2.81. The molecule has 1 aromatic carbocycles. The average molecular weight is 299 g/mol. The zero-order valence-electron chi connectivity index (χ0n) is 13.7. The van der Waals surface area contributed by atoms with Gasteiger partial charge in [-0.25, -0.2) is 0 Å². The molecule has 0 aliphatic carbocycles. The number of nitrogens with zero attached hydrogens (tertiary/aromatic N) is 1. The fraction of sp³-hybridized carbons (Fsp3) is 0.389. The molecule has 4 heteroatoms. The number of amides is 1. The van der Waals surface area contributed by atoms with Crippen LogP contribution in [-0.4, -0.2) is 24.4 Å². The van der Waals surface area contributed by atoms with Crippen LogP contribution >= 0.6 is 0 Å². The summed E-state index contributed by atoms with van der Waals surface area (Å²) in [6.45, 7) is 9.50. The number of nitrogens with one attached hydrogen (secondary N) is 2. The number of benzene rings is 1. The number of carbonyl (C=O) groups excluding carboxylic acids is 1. The van der Waals surface area contributed by atoms with Gasteiger partial charge in [0.2, 0.25) is 5.91 Å². The first-order valence-electron chi connectivity index (χ1n) is 7.68. The first-order chi connectivity index (χ1) is 10.5. The molecule has 1 amide bonds. The molecule has 1 aliphatic heterocycles. The second kappa shape index (κ2) is 7.16. The van der Waals surface area contributed by atoms with E-state index in [1.54, 1.807) is 6.92 Å². The van der Waals surface area contributed by atoms with Crippen LogP contribution < -0.4 is 10.6 Å². The van der Waals surface area contributed by atoms with Gasteiger partial charge >= 0.3 is 0 Å². The standard InChI is InChI=1S/C18H25N3O/c1-13-7-5-8-16(11-13)12-19-14(2)18-17(20-15(3)22)9-6-10-21(18)4/h5,7-8,11,19H,2,6,9-10,12H2,1,3-4H3,(H,20,22). The third-order valence-electron chi connectivity index (χ3n) is 3.79. The van der Waals surface area contributed by atoms with E-state index >= 15 is 0 Å². The van der Waals surface area contributed by atoms with Crippen LogP contribution in [0.3, 0.4) is 0 Å². The van der Waals surface area contributed by atoms with Crippen LogP contribution in [0.15, 0.2) is 47.9 Å². The summed E-state index contributed by atoms with van der Waals surface area (Å²) < 4.78 is 0. The quantitative estimate of drug-likeness (QED) is 0.878. The molecule has 1 heterocycles. The van der Waals surface area contributed by atoms with E-state index in [0.717, 1.165) is 43.0 Å². The lowest BCUT2D eigenvalue weighted by molar-refractivity contribution is -0.118. The molecule has 1 aliphatic rings. The Morgan fingerprint density at radius 2 is 2.18 bits per heavy atom. The largest absolute Gasteiger partial charge is 0.380 e. The molecule has 0 fully saturated rings. The van der Waals surface area contributed by atoms with Crippen molar-refractivity contribution >= 4 is 5.91 Å². The minimum atomic E-state index is -0.0331. The highest BCUT2D eigenvalue weighted by Crippen LogP contribution is 2.23. The molecule has 0 aromatic heterocycles. The molecule has 0 spiro atoms. The van der Waals surface area contributed by atoms with Gasteiger partial charge in [0.25, 0.3) is 0 Å². The predicted octanol–water partition coefficient (Wildman–Crippen LogP) is 2.67. The van der Waals surface area contributed by atoms with Gasteiger partial charge in [0, 0.05) is 32.8 Å². The van der Waals surface area contributed by atoms with E-state index in [9.17, 15) is 4.79 Å². The van der Waals surface area contributed by atoms with E-state index in [0.29, 0.717) is 0 Å². The third-order valence-corrected chi connectivity index (χ3v) is 3.79. The van der Waals surface area contributed by atoms with Gasteiger partial charge in [-0.15, -0.1) is 0 Å². The second-order valence-corrected chi connectivity index (χ2v) is 5.85. The van der Waals surface area contributed by atoms with Gasteiger partial charge in [-0.1, -0.05) is 36.4 Å². The van der Waals surface area contributed by atoms with Crippen molar-refractivity contribution in [3.05, 3.63) is 59.1 Å². The van der Waals surface area contributed by atoms with E-state index in [4.69, 9.17) is 0 Å². The molecule has 0 saturated heterocycles. The minimum absolute atomic E-state index is 0.0331. The van der Waals surface area contributed by atoms with Crippen LogP contribution in [-0.2, 0) is 11.3 Å². The van der Waals surface area contributed by atoms with E-state index in [1.165, 1.54) is 11.1 Å². The second-order valence-electron chi connectivity index (χ2n) is 5.85. The average Bonchev–Trinajstić information content (AvgIpc) is 2.44. The number of hydrogen-bond donors (Lipinski definition) is 2. The van der Waals surface area contributed by atoms with Crippen LogP contribution in [0, 0.1) is 6.92 Å². The Bertz CT molecular complexity index is 604. The summed E-state index contributed by atoms with van der Waals surface area (Å²) in [5.41, 5.74) is 5.30. The molecule has 0 bridgehead atoms. The Kier molecular flexibility index (Phi) is 5.26. The van der Waals surface area contributed by atoms with E-state index in [2.05, 4.69) is 53.3 Å². The molecule has 0 unspecified atom stereocenters. The lowest BCUT2D eigenvalue weighted by Crippen LogP contribution is -2.35. The first kappa shape index (κ1) is 16.1. The van der Waals surface area contributed by atoms with Gasteiger partial charge in [0.1, 0.15) is 0 Å². The van der Waals surface area contributed by atoms with Crippen LogP contribution in [0.1, 0.15) is 30.9 Å². The summed E-state index contributed by atoms with van der Waals surface area (Å²) >= 11 is 0. The smallest absolute Gasteiger partial charge is 0.221 e.